The first-order valence-corrected chi connectivity index (χ1v) is 8.25. The van der Waals surface area contributed by atoms with Crippen molar-refractivity contribution in [2.24, 2.45) is 17.3 Å². The molecule has 120 valence electrons. The second-order valence-corrected chi connectivity index (χ2v) is 7.88. The van der Waals surface area contributed by atoms with Crippen LogP contribution in [0.15, 0.2) is 0 Å². The lowest BCUT2D eigenvalue weighted by atomic mass is 9.67. The molecule has 1 aliphatic carbocycles. The molecule has 0 amide bonds. The van der Waals surface area contributed by atoms with Gasteiger partial charge in [-0.25, -0.2) is 0 Å². The number of aliphatic hydroxyl groups excluding tert-OH is 1. The van der Waals surface area contributed by atoms with Crippen LogP contribution in [-0.2, 0) is 4.74 Å². The maximum absolute atomic E-state index is 9.51. The van der Waals surface area contributed by atoms with Gasteiger partial charge in [-0.1, -0.05) is 20.8 Å². The molecule has 1 saturated heterocycles. The van der Waals surface area contributed by atoms with E-state index in [-0.39, 0.29) is 24.7 Å². The van der Waals surface area contributed by atoms with Crippen molar-refractivity contribution in [3.63, 3.8) is 0 Å². The Labute approximate surface area is 129 Å². The van der Waals surface area contributed by atoms with Crippen molar-refractivity contribution >= 4 is 0 Å². The summed E-state index contributed by atoms with van der Waals surface area (Å²) in [4.78, 5) is 2.40. The highest BCUT2D eigenvalue weighted by Crippen LogP contribution is 2.42. The predicted octanol–water partition coefficient (Wildman–Crippen LogP) is 2.42. The molecular formula is C17H30N2O2. The first-order chi connectivity index (χ1) is 9.85. The lowest BCUT2D eigenvalue weighted by Gasteiger charge is -2.47. The third-order valence-corrected chi connectivity index (χ3v) is 5.23. The largest absolute Gasteiger partial charge is 0.394 e. The molecule has 0 aromatic carbocycles. The summed E-state index contributed by atoms with van der Waals surface area (Å²) < 4.78 is 5.74. The molecule has 2 rings (SSSR count). The lowest BCUT2D eigenvalue weighted by Crippen LogP contribution is -2.55. The molecule has 0 radical (unpaired) electrons. The average molecular weight is 294 g/mol. The Hall–Kier alpha value is -0.630. The highest BCUT2D eigenvalue weighted by molar-refractivity contribution is 5.00. The van der Waals surface area contributed by atoms with Gasteiger partial charge in [0.15, 0.2) is 0 Å². The van der Waals surface area contributed by atoms with E-state index in [1.54, 1.807) is 0 Å². The molecule has 0 bridgehead atoms. The van der Waals surface area contributed by atoms with Crippen molar-refractivity contribution in [1.82, 2.24) is 4.90 Å². The smallest absolute Gasteiger partial charge is 0.0936 e. The summed E-state index contributed by atoms with van der Waals surface area (Å²) in [6, 6.07) is 2.84. The quantitative estimate of drug-likeness (QED) is 0.850. The Morgan fingerprint density at radius 1 is 1.29 bits per heavy atom. The minimum atomic E-state index is -0.108. The second-order valence-electron chi connectivity index (χ2n) is 7.88. The number of hydrogen-bond donors (Lipinski definition) is 1. The van der Waals surface area contributed by atoms with Crippen molar-refractivity contribution in [1.29, 1.82) is 5.26 Å². The van der Waals surface area contributed by atoms with E-state index in [1.807, 2.05) is 0 Å². The van der Waals surface area contributed by atoms with Gasteiger partial charge in [-0.05, 0) is 37.5 Å². The van der Waals surface area contributed by atoms with Crippen LogP contribution in [0.5, 0.6) is 0 Å². The maximum Gasteiger partial charge on any atom is 0.0936 e. The molecule has 4 nitrogen and oxygen atoms in total. The van der Waals surface area contributed by atoms with E-state index >= 15 is 0 Å². The summed E-state index contributed by atoms with van der Waals surface area (Å²) in [5, 5.41) is 18.9. The minimum absolute atomic E-state index is 0.0630. The molecule has 0 aromatic rings. The molecule has 1 heterocycles. The molecule has 2 aliphatic rings. The van der Waals surface area contributed by atoms with E-state index in [1.165, 1.54) is 0 Å². The van der Waals surface area contributed by atoms with Gasteiger partial charge in [-0.2, -0.15) is 5.26 Å². The van der Waals surface area contributed by atoms with Crippen LogP contribution in [0.25, 0.3) is 0 Å². The lowest BCUT2D eigenvalue weighted by molar-refractivity contribution is -0.115. The van der Waals surface area contributed by atoms with E-state index in [0.717, 1.165) is 32.4 Å². The van der Waals surface area contributed by atoms with Crippen molar-refractivity contribution in [2.75, 3.05) is 19.7 Å². The molecule has 5 unspecified atom stereocenters. The van der Waals surface area contributed by atoms with Crippen LogP contribution in [0.1, 0.15) is 47.0 Å². The van der Waals surface area contributed by atoms with E-state index < -0.39 is 0 Å². The van der Waals surface area contributed by atoms with Crippen LogP contribution < -0.4 is 0 Å². The number of rotatable bonds is 2. The first-order valence-electron chi connectivity index (χ1n) is 8.25. The Kier molecular flexibility index (Phi) is 5.29. The molecule has 5 atom stereocenters. The highest BCUT2D eigenvalue weighted by Gasteiger charge is 2.40. The van der Waals surface area contributed by atoms with Gasteiger partial charge in [0.2, 0.25) is 0 Å². The number of aliphatic hydroxyl groups is 1. The molecule has 0 spiro atoms. The van der Waals surface area contributed by atoms with Crippen molar-refractivity contribution in [3.8, 4) is 6.07 Å². The van der Waals surface area contributed by atoms with Crippen LogP contribution in [0.2, 0.25) is 0 Å². The van der Waals surface area contributed by atoms with Crippen LogP contribution in [0, 0.1) is 28.6 Å². The number of morpholine rings is 1. The zero-order valence-electron chi connectivity index (χ0n) is 13.9. The first kappa shape index (κ1) is 16.7. The third-order valence-electron chi connectivity index (χ3n) is 5.23. The molecule has 1 aliphatic heterocycles. The number of nitrogens with zero attached hydrogens (tertiary/aromatic N) is 2. The normalized spacial score (nSPS) is 39.0. The Balaban J connectivity index is 2.11. The molecule has 0 aromatic heterocycles. The van der Waals surface area contributed by atoms with Crippen molar-refractivity contribution in [2.45, 2.75) is 65.2 Å². The molecule has 1 N–H and O–H groups in total. The number of ether oxygens (including phenoxy) is 1. The summed E-state index contributed by atoms with van der Waals surface area (Å²) in [5.41, 5.74) is 0.299. The molecule has 1 saturated carbocycles. The summed E-state index contributed by atoms with van der Waals surface area (Å²) in [5.74, 6) is 0.783. The van der Waals surface area contributed by atoms with Gasteiger partial charge in [0.1, 0.15) is 0 Å². The Bertz CT molecular complexity index is 385. The Morgan fingerprint density at radius 3 is 2.57 bits per heavy atom. The summed E-state index contributed by atoms with van der Waals surface area (Å²) >= 11 is 0. The molecular weight excluding hydrogens is 264 g/mol. The van der Waals surface area contributed by atoms with Gasteiger partial charge in [-0.3, -0.25) is 4.90 Å². The van der Waals surface area contributed by atoms with Gasteiger partial charge in [0, 0.05) is 19.1 Å². The standard InChI is InChI=1S/C17H30N2O2/c1-12-9-19(10-15(11-20)21-12)16-7-14(17(2,3)4)6-5-13(16)8-18/h12-16,20H,5-7,9-11H2,1-4H3. The van der Waals surface area contributed by atoms with Gasteiger partial charge in [0.05, 0.1) is 30.8 Å². The topological polar surface area (TPSA) is 56.5 Å². The maximum atomic E-state index is 9.51. The molecule has 4 heteroatoms. The van der Waals surface area contributed by atoms with Crippen molar-refractivity contribution < 1.29 is 9.84 Å². The van der Waals surface area contributed by atoms with Crippen LogP contribution >= 0.6 is 0 Å². The van der Waals surface area contributed by atoms with Crippen LogP contribution in [-0.4, -0.2) is 48.0 Å². The van der Waals surface area contributed by atoms with E-state index in [2.05, 4.69) is 38.7 Å². The monoisotopic (exact) mass is 294 g/mol. The predicted molar refractivity (Wildman–Crippen MR) is 82.7 cm³/mol. The van der Waals surface area contributed by atoms with E-state index in [4.69, 9.17) is 4.74 Å². The zero-order valence-corrected chi connectivity index (χ0v) is 13.9. The summed E-state index contributed by atoms with van der Waals surface area (Å²) in [7, 11) is 0. The van der Waals surface area contributed by atoms with Gasteiger partial charge < -0.3 is 9.84 Å². The summed E-state index contributed by atoms with van der Waals surface area (Å²) in [6.07, 6.45) is 3.26. The Morgan fingerprint density at radius 2 is 2.00 bits per heavy atom. The number of nitriles is 1. The fourth-order valence-electron chi connectivity index (χ4n) is 3.94. The van der Waals surface area contributed by atoms with Gasteiger partial charge >= 0.3 is 0 Å². The van der Waals surface area contributed by atoms with Gasteiger partial charge in [0.25, 0.3) is 0 Å². The van der Waals surface area contributed by atoms with Crippen molar-refractivity contribution in [3.05, 3.63) is 0 Å². The van der Waals surface area contributed by atoms with E-state index in [0.29, 0.717) is 17.4 Å². The van der Waals surface area contributed by atoms with Crippen LogP contribution in [0.4, 0.5) is 0 Å². The second kappa shape index (κ2) is 6.64. The molecule has 2 fully saturated rings. The highest BCUT2D eigenvalue weighted by atomic mass is 16.5. The zero-order chi connectivity index (χ0) is 15.6. The molecule has 21 heavy (non-hydrogen) atoms. The number of hydrogen-bond acceptors (Lipinski definition) is 4. The summed E-state index contributed by atoms with van der Waals surface area (Å²) in [6.45, 7) is 10.7. The van der Waals surface area contributed by atoms with Gasteiger partial charge in [-0.15, -0.1) is 0 Å². The SMILES string of the molecule is CC1CN(C2CC(C(C)(C)C)CCC2C#N)CC(CO)O1. The fraction of sp³-hybridized carbons (Fsp3) is 0.941. The van der Waals surface area contributed by atoms with E-state index in [9.17, 15) is 10.4 Å². The fourth-order valence-corrected chi connectivity index (χ4v) is 3.94. The minimum Gasteiger partial charge on any atom is -0.394 e. The third kappa shape index (κ3) is 3.97. The van der Waals surface area contributed by atoms with Crippen LogP contribution in [0.3, 0.4) is 0 Å². The average Bonchev–Trinajstić information content (AvgIpc) is 2.44.